The van der Waals surface area contributed by atoms with Crippen LogP contribution in [0, 0.1) is 0 Å². The standard InChI is InChI=1S/C13H20ClN5O2/c1-9-7-20-5-3-18(9)12-15-11(14)16-13(17-12)19-4-6-21-8-10(19)2/h9-10H,3-8H2,1-2H3/t9-,10+. The van der Waals surface area contributed by atoms with Gasteiger partial charge in [0, 0.05) is 13.1 Å². The Morgan fingerprint density at radius 2 is 1.38 bits per heavy atom. The van der Waals surface area contributed by atoms with Gasteiger partial charge in [0.05, 0.1) is 38.5 Å². The first-order valence-corrected chi connectivity index (χ1v) is 7.63. The minimum atomic E-state index is 0.229. The predicted molar refractivity (Wildman–Crippen MR) is 80.1 cm³/mol. The molecule has 0 amide bonds. The fraction of sp³-hybridized carbons (Fsp3) is 0.769. The lowest BCUT2D eigenvalue weighted by atomic mass is 10.2. The number of morpholine rings is 2. The van der Waals surface area contributed by atoms with Gasteiger partial charge in [0.1, 0.15) is 0 Å². The topological polar surface area (TPSA) is 63.6 Å². The van der Waals surface area contributed by atoms with Crippen molar-refractivity contribution in [2.24, 2.45) is 0 Å². The fourth-order valence-corrected chi connectivity index (χ4v) is 2.79. The third-order valence-electron chi connectivity index (χ3n) is 3.83. The van der Waals surface area contributed by atoms with Gasteiger partial charge in [-0.3, -0.25) is 0 Å². The molecule has 0 unspecified atom stereocenters. The molecule has 2 aliphatic heterocycles. The summed E-state index contributed by atoms with van der Waals surface area (Å²) in [6.07, 6.45) is 0. The van der Waals surface area contributed by atoms with E-state index in [1.165, 1.54) is 0 Å². The van der Waals surface area contributed by atoms with Gasteiger partial charge in [0.15, 0.2) is 0 Å². The van der Waals surface area contributed by atoms with Crippen molar-refractivity contribution >= 4 is 23.5 Å². The van der Waals surface area contributed by atoms with Crippen molar-refractivity contribution < 1.29 is 9.47 Å². The van der Waals surface area contributed by atoms with Crippen molar-refractivity contribution in [3.8, 4) is 0 Å². The Balaban J connectivity index is 1.88. The van der Waals surface area contributed by atoms with Crippen LogP contribution in [0.4, 0.5) is 11.9 Å². The molecular formula is C13H20ClN5O2. The van der Waals surface area contributed by atoms with Crippen LogP contribution in [0.15, 0.2) is 0 Å². The van der Waals surface area contributed by atoms with E-state index in [4.69, 9.17) is 21.1 Å². The van der Waals surface area contributed by atoms with E-state index in [1.54, 1.807) is 0 Å². The van der Waals surface area contributed by atoms with Crippen molar-refractivity contribution in [2.75, 3.05) is 49.3 Å². The SMILES string of the molecule is C[C@@H]1COCCN1c1nc(Cl)nc(N2CCOC[C@@H]2C)n1. The lowest BCUT2D eigenvalue weighted by Crippen LogP contribution is -2.46. The van der Waals surface area contributed by atoms with E-state index < -0.39 is 0 Å². The van der Waals surface area contributed by atoms with Crippen LogP contribution in [0.25, 0.3) is 0 Å². The van der Waals surface area contributed by atoms with E-state index in [9.17, 15) is 0 Å². The van der Waals surface area contributed by atoms with Crippen LogP contribution in [0.2, 0.25) is 5.28 Å². The van der Waals surface area contributed by atoms with Crippen molar-refractivity contribution in [1.82, 2.24) is 15.0 Å². The van der Waals surface area contributed by atoms with Gasteiger partial charge < -0.3 is 19.3 Å². The number of hydrogen-bond donors (Lipinski definition) is 0. The van der Waals surface area contributed by atoms with Gasteiger partial charge in [-0.15, -0.1) is 0 Å². The Bertz CT molecular complexity index is 463. The van der Waals surface area contributed by atoms with E-state index in [2.05, 4.69) is 38.6 Å². The molecule has 0 N–H and O–H groups in total. The predicted octanol–water partition coefficient (Wildman–Crippen LogP) is 0.975. The molecule has 8 heteroatoms. The molecule has 0 spiro atoms. The number of nitrogens with zero attached hydrogens (tertiary/aromatic N) is 5. The van der Waals surface area contributed by atoms with Crippen LogP contribution in [-0.2, 0) is 9.47 Å². The Morgan fingerprint density at radius 1 is 0.905 bits per heavy atom. The quantitative estimate of drug-likeness (QED) is 0.806. The Kier molecular flexibility index (Phi) is 4.42. The number of ether oxygens (including phenoxy) is 2. The Morgan fingerprint density at radius 3 is 1.81 bits per heavy atom. The Labute approximate surface area is 129 Å². The number of anilines is 2. The van der Waals surface area contributed by atoms with Gasteiger partial charge >= 0.3 is 0 Å². The first-order chi connectivity index (χ1) is 10.1. The first kappa shape index (κ1) is 14.7. The second kappa shape index (κ2) is 6.29. The maximum Gasteiger partial charge on any atom is 0.231 e. The molecule has 116 valence electrons. The lowest BCUT2D eigenvalue weighted by molar-refractivity contribution is 0.0969. The average Bonchev–Trinajstić information content (AvgIpc) is 2.47. The van der Waals surface area contributed by atoms with Crippen LogP contribution in [0.5, 0.6) is 0 Å². The first-order valence-electron chi connectivity index (χ1n) is 7.25. The van der Waals surface area contributed by atoms with Crippen molar-refractivity contribution in [3.05, 3.63) is 5.28 Å². The molecule has 3 heterocycles. The summed E-state index contributed by atoms with van der Waals surface area (Å²) >= 11 is 6.11. The molecule has 1 aromatic heterocycles. The zero-order valence-electron chi connectivity index (χ0n) is 12.3. The molecule has 0 radical (unpaired) electrons. The van der Waals surface area contributed by atoms with Crippen molar-refractivity contribution in [1.29, 1.82) is 0 Å². The normalized spacial score (nSPS) is 27.0. The van der Waals surface area contributed by atoms with Crippen molar-refractivity contribution in [3.63, 3.8) is 0 Å². The van der Waals surface area contributed by atoms with Gasteiger partial charge in [-0.05, 0) is 25.4 Å². The summed E-state index contributed by atoms with van der Waals surface area (Å²) in [5.41, 5.74) is 0. The van der Waals surface area contributed by atoms with Crippen LogP contribution in [0.3, 0.4) is 0 Å². The van der Waals surface area contributed by atoms with Gasteiger partial charge in [0.2, 0.25) is 17.2 Å². The molecule has 0 aromatic carbocycles. The third-order valence-corrected chi connectivity index (χ3v) is 4.00. The molecule has 7 nitrogen and oxygen atoms in total. The van der Waals surface area contributed by atoms with E-state index >= 15 is 0 Å². The van der Waals surface area contributed by atoms with E-state index in [-0.39, 0.29) is 17.4 Å². The number of rotatable bonds is 2. The van der Waals surface area contributed by atoms with Gasteiger partial charge in [0.25, 0.3) is 0 Å². The largest absolute Gasteiger partial charge is 0.377 e. The molecule has 2 aliphatic rings. The van der Waals surface area contributed by atoms with Crippen LogP contribution >= 0.6 is 11.6 Å². The molecule has 0 aliphatic carbocycles. The lowest BCUT2D eigenvalue weighted by Gasteiger charge is -2.35. The monoisotopic (exact) mass is 313 g/mol. The van der Waals surface area contributed by atoms with E-state index in [0.29, 0.717) is 38.3 Å². The van der Waals surface area contributed by atoms with Gasteiger partial charge in [-0.1, -0.05) is 0 Å². The van der Waals surface area contributed by atoms with Crippen LogP contribution < -0.4 is 9.80 Å². The number of hydrogen-bond acceptors (Lipinski definition) is 7. The summed E-state index contributed by atoms with van der Waals surface area (Å²) in [5.74, 6) is 1.25. The molecule has 0 bridgehead atoms. The highest BCUT2D eigenvalue weighted by Gasteiger charge is 2.26. The maximum absolute atomic E-state index is 6.11. The smallest absolute Gasteiger partial charge is 0.231 e. The summed E-state index contributed by atoms with van der Waals surface area (Å²) < 4.78 is 10.9. The molecular weight excluding hydrogens is 294 g/mol. The van der Waals surface area contributed by atoms with Crippen LogP contribution in [0.1, 0.15) is 13.8 Å². The highest BCUT2D eigenvalue weighted by atomic mass is 35.5. The second-order valence-corrected chi connectivity index (χ2v) is 5.78. The minimum absolute atomic E-state index is 0.229. The third kappa shape index (κ3) is 3.20. The fourth-order valence-electron chi connectivity index (χ4n) is 2.63. The van der Waals surface area contributed by atoms with Crippen LogP contribution in [-0.4, -0.2) is 66.6 Å². The molecule has 2 fully saturated rings. The molecule has 0 saturated carbocycles. The zero-order valence-corrected chi connectivity index (χ0v) is 13.1. The summed E-state index contributed by atoms with van der Waals surface area (Å²) in [6, 6.07) is 0.458. The number of aromatic nitrogens is 3. The zero-order chi connectivity index (χ0) is 14.8. The van der Waals surface area contributed by atoms with Crippen molar-refractivity contribution in [2.45, 2.75) is 25.9 Å². The molecule has 21 heavy (non-hydrogen) atoms. The number of halogens is 1. The summed E-state index contributed by atoms with van der Waals surface area (Å²) in [6.45, 7) is 8.41. The second-order valence-electron chi connectivity index (χ2n) is 5.44. The minimum Gasteiger partial charge on any atom is -0.377 e. The molecule has 2 atom stereocenters. The summed E-state index contributed by atoms with van der Waals surface area (Å²) in [5, 5.41) is 0.229. The molecule has 3 rings (SSSR count). The molecule has 2 saturated heterocycles. The van der Waals surface area contributed by atoms with E-state index in [1.807, 2.05) is 0 Å². The molecule has 1 aromatic rings. The van der Waals surface area contributed by atoms with Gasteiger partial charge in [-0.25, -0.2) is 0 Å². The summed E-state index contributed by atoms with van der Waals surface area (Å²) in [7, 11) is 0. The highest BCUT2D eigenvalue weighted by Crippen LogP contribution is 2.22. The average molecular weight is 314 g/mol. The Hall–Kier alpha value is -1.18. The summed E-state index contributed by atoms with van der Waals surface area (Å²) in [4.78, 5) is 17.4. The maximum atomic E-state index is 6.11. The van der Waals surface area contributed by atoms with E-state index in [0.717, 1.165) is 13.1 Å². The highest BCUT2D eigenvalue weighted by molar-refractivity contribution is 6.28. The van der Waals surface area contributed by atoms with Gasteiger partial charge in [-0.2, -0.15) is 15.0 Å².